The van der Waals surface area contributed by atoms with Crippen LogP contribution in [0.3, 0.4) is 0 Å². The highest BCUT2D eigenvalue weighted by Gasteiger charge is 2.39. The monoisotopic (exact) mass is 258 g/mol. The summed E-state index contributed by atoms with van der Waals surface area (Å²) in [5.41, 5.74) is 5.81. The van der Waals surface area contributed by atoms with Crippen LogP contribution in [-0.2, 0) is 14.3 Å². The molecule has 0 aromatic rings. The second kappa shape index (κ2) is 6.70. The molecular formula is C12H22N2O4. The largest absolute Gasteiger partial charge is 0.481 e. The maximum atomic E-state index is 12.1. The van der Waals surface area contributed by atoms with Crippen LogP contribution in [0.1, 0.15) is 26.2 Å². The van der Waals surface area contributed by atoms with Gasteiger partial charge in [0, 0.05) is 7.05 Å². The van der Waals surface area contributed by atoms with Crippen molar-refractivity contribution >= 4 is 11.9 Å². The summed E-state index contributed by atoms with van der Waals surface area (Å²) in [7, 11) is 1.60. The molecule has 1 saturated heterocycles. The van der Waals surface area contributed by atoms with Gasteiger partial charge in [0.05, 0.1) is 25.3 Å². The third-order valence-corrected chi connectivity index (χ3v) is 3.40. The Kier molecular flexibility index (Phi) is 5.55. The first-order valence-electron chi connectivity index (χ1n) is 6.31. The Morgan fingerprint density at radius 2 is 2.17 bits per heavy atom. The van der Waals surface area contributed by atoms with Crippen molar-refractivity contribution in [3.63, 3.8) is 0 Å². The molecule has 3 unspecified atom stereocenters. The lowest BCUT2D eigenvalue weighted by Gasteiger charge is -2.28. The third kappa shape index (κ3) is 3.43. The minimum absolute atomic E-state index is 0.155. The van der Waals surface area contributed by atoms with Gasteiger partial charge >= 0.3 is 5.97 Å². The fourth-order valence-electron chi connectivity index (χ4n) is 2.13. The molecule has 3 N–H and O–H groups in total. The Balaban J connectivity index is 2.59. The summed E-state index contributed by atoms with van der Waals surface area (Å²) in [5, 5.41) is 9.05. The molecule has 0 saturated carbocycles. The predicted molar refractivity (Wildman–Crippen MR) is 66.0 cm³/mol. The molecule has 1 aliphatic rings. The normalized spacial score (nSPS) is 24.8. The number of hydrogen-bond donors (Lipinski definition) is 2. The number of carboxylic acid groups (broad SMARTS) is 1. The van der Waals surface area contributed by atoms with E-state index in [0.717, 1.165) is 12.8 Å². The topological polar surface area (TPSA) is 92.9 Å². The number of nitrogens with zero attached hydrogens (tertiary/aromatic N) is 1. The zero-order valence-electron chi connectivity index (χ0n) is 11.0. The Labute approximate surface area is 107 Å². The number of hydrogen-bond acceptors (Lipinski definition) is 4. The first-order valence-corrected chi connectivity index (χ1v) is 6.31. The number of likely N-dealkylation sites (N-methyl/N-ethyl adjacent to an activating group) is 1. The Morgan fingerprint density at radius 3 is 2.72 bits per heavy atom. The van der Waals surface area contributed by atoms with Gasteiger partial charge in [0.15, 0.2) is 0 Å². The average molecular weight is 258 g/mol. The fraction of sp³-hybridized carbons (Fsp3) is 0.833. The van der Waals surface area contributed by atoms with Gasteiger partial charge < -0.3 is 20.5 Å². The van der Waals surface area contributed by atoms with Crippen LogP contribution >= 0.6 is 0 Å². The predicted octanol–water partition coefficient (Wildman–Crippen LogP) is 0.0619. The number of carbonyl (C=O) groups excluding carboxylic acids is 1. The van der Waals surface area contributed by atoms with Gasteiger partial charge in [-0.1, -0.05) is 19.8 Å². The molecule has 6 heteroatoms. The van der Waals surface area contributed by atoms with Crippen LogP contribution in [0.5, 0.6) is 0 Å². The number of ether oxygens (including phenoxy) is 1. The number of unbranched alkanes of at least 4 members (excludes halogenated alkanes) is 1. The van der Waals surface area contributed by atoms with E-state index >= 15 is 0 Å². The molecule has 0 aromatic carbocycles. The van der Waals surface area contributed by atoms with Crippen LogP contribution in [0.15, 0.2) is 0 Å². The molecule has 1 rings (SSSR count). The van der Waals surface area contributed by atoms with Crippen molar-refractivity contribution in [3.05, 3.63) is 0 Å². The summed E-state index contributed by atoms with van der Waals surface area (Å²) in [6, 6.07) is -0.965. The van der Waals surface area contributed by atoms with E-state index in [1.165, 1.54) is 4.90 Å². The number of rotatable bonds is 6. The first kappa shape index (κ1) is 14.9. The van der Waals surface area contributed by atoms with Crippen molar-refractivity contribution in [3.8, 4) is 0 Å². The SMILES string of the molecule is CCCCC(N)C(=O)N(C)C1COCC1C(=O)O. The lowest BCUT2D eigenvalue weighted by atomic mass is 10.0. The van der Waals surface area contributed by atoms with Gasteiger partial charge in [0.2, 0.25) is 5.91 Å². The molecule has 1 amide bonds. The lowest BCUT2D eigenvalue weighted by Crippen LogP contribution is -2.50. The average Bonchev–Trinajstić information content (AvgIpc) is 2.83. The fourth-order valence-corrected chi connectivity index (χ4v) is 2.13. The van der Waals surface area contributed by atoms with Crippen LogP contribution in [0, 0.1) is 5.92 Å². The Bertz CT molecular complexity index is 308. The maximum Gasteiger partial charge on any atom is 0.311 e. The van der Waals surface area contributed by atoms with Gasteiger partial charge in [-0.25, -0.2) is 0 Å². The van der Waals surface area contributed by atoms with Crippen molar-refractivity contribution in [1.29, 1.82) is 0 Å². The highest BCUT2D eigenvalue weighted by atomic mass is 16.5. The minimum atomic E-state index is -0.931. The van der Waals surface area contributed by atoms with E-state index in [-0.39, 0.29) is 19.1 Å². The van der Waals surface area contributed by atoms with Gasteiger partial charge in [-0.05, 0) is 6.42 Å². The number of aliphatic carboxylic acids is 1. The Morgan fingerprint density at radius 1 is 1.50 bits per heavy atom. The number of nitrogens with two attached hydrogens (primary N) is 1. The number of carboxylic acids is 1. The third-order valence-electron chi connectivity index (χ3n) is 3.40. The highest BCUT2D eigenvalue weighted by Crippen LogP contribution is 2.20. The standard InChI is InChI=1S/C12H22N2O4/c1-3-4-5-9(13)11(15)14(2)10-7-18-6-8(10)12(16)17/h8-10H,3-7,13H2,1-2H3,(H,16,17). The second-order valence-corrected chi connectivity index (χ2v) is 4.75. The van der Waals surface area contributed by atoms with Crippen LogP contribution in [0.2, 0.25) is 0 Å². The molecular weight excluding hydrogens is 236 g/mol. The smallest absolute Gasteiger partial charge is 0.311 e. The number of amides is 1. The van der Waals surface area contributed by atoms with Gasteiger partial charge in [-0.15, -0.1) is 0 Å². The molecule has 3 atom stereocenters. The maximum absolute atomic E-state index is 12.1. The van der Waals surface area contributed by atoms with E-state index in [1.54, 1.807) is 7.05 Å². The summed E-state index contributed by atoms with van der Waals surface area (Å²) in [4.78, 5) is 24.5. The van der Waals surface area contributed by atoms with Crippen molar-refractivity contribution < 1.29 is 19.4 Å². The highest BCUT2D eigenvalue weighted by molar-refractivity contribution is 5.82. The molecule has 1 heterocycles. The van der Waals surface area contributed by atoms with E-state index in [2.05, 4.69) is 0 Å². The quantitative estimate of drug-likeness (QED) is 0.703. The van der Waals surface area contributed by atoms with Crippen LogP contribution in [0.25, 0.3) is 0 Å². The van der Waals surface area contributed by atoms with Gasteiger partial charge in [0.1, 0.15) is 5.92 Å². The minimum Gasteiger partial charge on any atom is -0.481 e. The van der Waals surface area contributed by atoms with E-state index in [0.29, 0.717) is 6.42 Å². The van der Waals surface area contributed by atoms with E-state index < -0.39 is 24.0 Å². The number of carbonyl (C=O) groups is 2. The molecule has 1 aliphatic heterocycles. The molecule has 0 spiro atoms. The lowest BCUT2D eigenvalue weighted by molar-refractivity contribution is -0.144. The zero-order chi connectivity index (χ0) is 13.7. The van der Waals surface area contributed by atoms with Crippen LogP contribution in [0.4, 0.5) is 0 Å². The van der Waals surface area contributed by atoms with Crippen LogP contribution in [-0.4, -0.2) is 54.2 Å². The summed E-state index contributed by atoms with van der Waals surface area (Å²) in [6.07, 6.45) is 2.50. The second-order valence-electron chi connectivity index (χ2n) is 4.75. The zero-order valence-corrected chi connectivity index (χ0v) is 11.0. The van der Waals surface area contributed by atoms with Crippen LogP contribution < -0.4 is 5.73 Å². The molecule has 18 heavy (non-hydrogen) atoms. The van der Waals surface area contributed by atoms with Crippen molar-refractivity contribution in [2.45, 2.75) is 38.3 Å². The van der Waals surface area contributed by atoms with E-state index in [1.807, 2.05) is 6.92 Å². The molecule has 1 fully saturated rings. The van der Waals surface area contributed by atoms with Gasteiger partial charge in [0.25, 0.3) is 0 Å². The van der Waals surface area contributed by atoms with E-state index in [4.69, 9.17) is 15.6 Å². The summed E-state index contributed by atoms with van der Waals surface area (Å²) in [6.45, 7) is 2.45. The van der Waals surface area contributed by atoms with Gasteiger partial charge in [-0.2, -0.15) is 0 Å². The van der Waals surface area contributed by atoms with Crippen molar-refractivity contribution in [2.24, 2.45) is 11.7 Å². The first-order chi connectivity index (χ1) is 8.49. The molecule has 6 nitrogen and oxygen atoms in total. The molecule has 0 bridgehead atoms. The molecule has 0 aromatic heterocycles. The molecule has 0 radical (unpaired) electrons. The Hall–Kier alpha value is -1.14. The molecule has 104 valence electrons. The summed E-state index contributed by atoms with van der Waals surface area (Å²) < 4.78 is 5.15. The van der Waals surface area contributed by atoms with Crippen molar-refractivity contribution in [1.82, 2.24) is 4.90 Å². The van der Waals surface area contributed by atoms with Gasteiger partial charge in [-0.3, -0.25) is 9.59 Å². The summed E-state index contributed by atoms with van der Waals surface area (Å²) >= 11 is 0. The van der Waals surface area contributed by atoms with Crippen molar-refractivity contribution in [2.75, 3.05) is 20.3 Å². The molecule has 0 aliphatic carbocycles. The van der Waals surface area contributed by atoms with E-state index in [9.17, 15) is 9.59 Å². The summed E-state index contributed by atoms with van der Waals surface area (Å²) in [5.74, 6) is -1.79.